The van der Waals surface area contributed by atoms with Crippen LogP contribution >= 0.6 is 15.6 Å². The number of hydrogen-bond acceptors (Lipinski definition) is 15. The highest BCUT2D eigenvalue weighted by atomic mass is 31.2. The summed E-state index contributed by atoms with van der Waals surface area (Å²) in [5.74, 6) is -0.517. The van der Waals surface area contributed by atoms with Crippen molar-refractivity contribution < 1.29 is 80.2 Å². The Labute approximate surface area is 581 Å². The maximum Gasteiger partial charge on any atom is 0.472 e. The minimum absolute atomic E-state index is 0.107. The second kappa shape index (κ2) is 67.9. The average Bonchev–Trinajstić information content (AvgIpc) is 1.58. The molecule has 0 saturated carbocycles. The van der Waals surface area contributed by atoms with E-state index in [4.69, 9.17) is 37.0 Å². The van der Waals surface area contributed by atoms with Crippen molar-refractivity contribution in [3.8, 4) is 0 Å². The van der Waals surface area contributed by atoms with E-state index in [1.807, 2.05) is 0 Å². The van der Waals surface area contributed by atoms with Crippen molar-refractivity contribution in [1.82, 2.24) is 0 Å². The second-order valence-corrected chi connectivity index (χ2v) is 31.3. The molecule has 0 aliphatic rings. The van der Waals surface area contributed by atoms with E-state index in [9.17, 15) is 43.2 Å². The van der Waals surface area contributed by atoms with Crippen LogP contribution in [0.4, 0.5) is 0 Å². The fourth-order valence-electron chi connectivity index (χ4n) is 11.7. The van der Waals surface area contributed by atoms with Crippen LogP contribution in [0, 0.1) is 11.8 Å². The molecule has 0 spiro atoms. The highest BCUT2D eigenvalue weighted by Gasteiger charge is 2.30. The first kappa shape index (κ1) is 93.1. The van der Waals surface area contributed by atoms with Gasteiger partial charge < -0.3 is 33.8 Å². The Kier molecular flexibility index (Phi) is 66.5. The quantitative estimate of drug-likeness (QED) is 0.0222. The number of hydrogen-bond donors (Lipinski definition) is 3. The zero-order valence-electron chi connectivity index (χ0n) is 62.0. The van der Waals surface area contributed by atoms with Crippen molar-refractivity contribution in [2.24, 2.45) is 11.8 Å². The molecular weight excluding hydrogens is 1250 g/mol. The minimum atomic E-state index is -4.96. The van der Waals surface area contributed by atoms with Crippen LogP contribution in [0.3, 0.4) is 0 Å². The molecule has 0 radical (unpaired) electrons. The zero-order valence-corrected chi connectivity index (χ0v) is 63.8. The van der Waals surface area contributed by atoms with Gasteiger partial charge in [0.25, 0.3) is 0 Å². The van der Waals surface area contributed by atoms with Gasteiger partial charge in [0.2, 0.25) is 0 Å². The molecule has 17 nitrogen and oxygen atoms in total. The van der Waals surface area contributed by atoms with Crippen LogP contribution in [0.15, 0.2) is 0 Å². The van der Waals surface area contributed by atoms with Crippen LogP contribution in [0.25, 0.3) is 0 Å². The number of rotatable bonds is 75. The number of unbranched alkanes of at least 4 members (excludes halogenated alkanes) is 45. The van der Waals surface area contributed by atoms with Crippen LogP contribution in [-0.4, -0.2) is 96.7 Å². The Morgan fingerprint density at radius 2 is 0.484 bits per heavy atom. The molecule has 5 atom stereocenters. The number of carbonyl (C=O) groups is 4. The molecule has 2 unspecified atom stereocenters. The van der Waals surface area contributed by atoms with Gasteiger partial charge in [-0.25, -0.2) is 9.13 Å². The summed E-state index contributed by atoms with van der Waals surface area (Å²) < 4.78 is 68.3. The molecule has 3 N–H and O–H groups in total. The molecule has 0 aliphatic heterocycles. The summed E-state index contributed by atoms with van der Waals surface area (Å²) >= 11 is 0. The summed E-state index contributed by atoms with van der Waals surface area (Å²) in [6.45, 7) is 9.57. The molecule has 0 saturated heterocycles. The maximum absolute atomic E-state index is 13.1. The van der Waals surface area contributed by atoms with Gasteiger partial charge in [-0.3, -0.25) is 37.3 Å². The first-order valence-corrected chi connectivity index (χ1v) is 42.5. The van der Waals surface area contributed by atoms with E-state index < -0.39 is 97.5 Å². The van der Waals surface area contributed by atoms with Gasteiger partial charge in [0.15, 0.2) is 12.2 Å². The summed E-state index contributed by atoms with van der Waals surface area (Å²) in [5, 5.41) is 10.6. The van der Waals surface area contributed by atoms with Crippen molar-refractivity contribution in [2.75, 3.05) is 39.6 Å². The molecule has 0 fully saturated rings. The van der Waals surface area contributed by atoms with E-state index in [2.05, 4.69) is 41.5 Å². The normalized spacial score (nSPS) is 14.0. The van der Waals surface area contributed by atoms with E-state index in [1.165, 1.54) is 205 Å². The van der Waals surface area contributed by atoms with Crippen LogP contribution in [0.1, 0.15) is 395 Å². The fourth-order valence-corrected chi connectivity index (χ4v) is 13.2. The van der Waals surface area contributed by atoms with Gasteiger partial charge >= 0.3 is 39.5 Å². The summed E-state index contributed by atoms with van der Waals surface area (Å²) in [4.78, 5) is 72.5. The number of esters is 4. The lowest BCUT2D eigenvalue weighted by atomic mass is 10.0. The Morgan fingerprint density at radius 3 is 0.716 bits per heavy atom. The Hall–Kier alpha value is -1.94. The van der Waals surface area contributed by atoms with Crippen molar-refractivity contribution in [1.29, 1.82) is 0 Å². The molecule has 0 heterocycles. The largest absolute Gasteiger partial charge is 0.472 e. The van der Waals surface area contributed by atoms with E-state index in [0.29, 0.717) is 25.7 Å². The van der Waals surface area contributed by atoms with Gasteiger partial charge in [-0.05, 0) is 37.5 Å². The Bertz CT molecular complexity index is 1840. The topological polar surface area (TPSA) is 237 Å². The molecule has 0 aromatic rings. The third kappa shape index (κ3) is 70.3. The Balaban J connectivity index is 5.14. The predicted molar refractivity (Wildman–Crippen MR) is 386 cm³/mol. The first-order valence-electron chi connectivity index (χ1n) is 39.5. The number of carbonyl (C=O) groups excluding carboxylic acids is 4. The van der Waals surface area contributed by atoms with Gasteiger partial charge in [-0.15, -0.1) is 0 Å². The SMILES string of the molecule is CCCCCCCCCCCCCCCCC(=O)O[C@H](COC(=O)CCCCCCC)COP(=O)(O)OC[C@H](O)COP(=O)(O)OC[C@@H](COC(=O)CCCCCCCCCCCCCCCCC(C)C)OC(=O)CCCCCCCCCCCCCCCCCCC(C)C. The number of phosphoric ester groups is 2. The van der Waals surface area contributed by atoms with Crippen LogP contribution in [0.2, 0.25) is 0 Å². The molecule has 95 heavy (non-hydrogen) atoms. The van der Waals surface area contributed by atoms with E-state index >= 15 is 0 Å². The monoisotopic (exact) mass is 1400 g/mol. The zero-order chi connectivity index (χ0) is 70.0. The van der Waals surface area contributed by atoms with Gasteiger partial charge in [0.05, 0.1) is 26.4 Å². The predicted octanol–water partition coefficient (Wildman–Crippen LogP) is 22.3. The molecule has 0 aromatic carbocycles. The fraction of sp³-hybridized carbons (Fsp3) is 0.947. The maximum atomic E-state index is 13.1. The molecule has 0 rings (SSSR count). The number of aliphatic hydroxyl groups is 1. The molecule has 0 bridgehead atoms. The molecular formula is C76H148O17P2. The van der Waals surface area contributed by atoms with E-state index in [1.54, 1.807) is 0 Å². The molecule has 0 amide bonds. The van der Waals surface area contributed by atoms with Gasteiger partial charge in [-0.2, -0.15) is 0 Å². The third-order valence-corrected chi connectivity index (χ3v) is 19.6. The highest BCUT2D eigenvalue weighted by molar-refractivity contribution is 7.47. The smallest absolute Gasteiger partial charge is 0.462 e. The van der Waals surface area contributed by atoms with Gasteiger partial charge in [-0.1, -0.05) is 343 Å². The molecule has 19 heteroatoms. The van der Waals surface area contributed by atoms with Crippen molar-refractivity contribution in [3.05, 3.63) is 0 Å². The first-order chi connectivity index (χ1) is 45.9. The Morgan fingerprint density at radius 1 is 0.284 bits per heavy atom. The van der Waals surface area contributed by atoms with Crippen molar-refractivity contribution in [2.45, 2.75) is 413 Å². The minimum Gasteiger partial charge on any atom is -0.462 e. The van der Waals surface area contributed by atoms with Crippen LogP contribution < -0.4 is 0 Å². The van der Waals surface area contributed by atoms with Crippen molar-refractivity contribution in [3.63, 3.8) is 0 Å². The van der Waals surface area contributed by atoms with Crippen LogP contribution in [0.5, 0.6) is 0 Å². The van der Waals surface area contributed by atoms with Gasteiger partial charge in [0, 0.05) is 25.7 Å². The number of ether oxygens (including phenoxy) is 4. The second-order valence-electron chi connectivity index (χ2n) is 28.3. The standard InChI is InChI=1S/C76H148O17P2/c1-7-9-11-13-14-15-16-17-26-32-37-42-48-54-60-75(80)92-71(64-86-73(78)58-52-44-12-10-8-2)66-90-94(82,83)88-62-70(77)63-89-95(84,85)91-67-72(65-87-74(79)59-53-47-41-36-31-27-23-22-25-30-35-40-46-51-57-69(5)6)93-76(81)61-55-49-43-38-33-28-21-19-18-20-24-29-34-39-45-50-56-68(3)4/h68-72,77H,7-67H2,1-6H3,(H,82,83)(H,84,85)/t70-,71+,72+/m0/s1. The molecule has 564 valence electrons. The summed E-state index contributed by atoms with van der Waals surface area (Å²) in [5.41, 5.74) is 0. The third-order valence-electron chi connectivity index (χ3n) is 17.7. The lowest BCUT2D eigenvalue weighted by molar-refractivity contribution is -0.161. The van der Waals surface area contributed by atoms with Gasteiger partial charge in [0.1, 0.15) is 19.3 Å². The summed E-state index contributed by atoms with van der Waals surface area (Å²) in [7, 11) is -9.90. The van der Waals surface area contributed by atoms with Crippen LogP contribution in [-0.2, 0) is 65.4 Å². The molecule has 0 aromatic heterocycles. The number of phosphoric acid groups is 2. The van der Waals surface area contributed by atoms with E-state index in [-0.39, 0.29) is 25.7 Å². The summed E-state index contributed by atoms with van der Waals surface area (Å²) in [6.07, 6.45) is 55.9. The highest BCUT2D eigenvalue weighted by Crippen LogP contribution is 2.45. The lowest BCUT2D eigenvalue weighted by Gasteiger charge is -2.21. The van der Waals surface area contributed by atoms with E-state index in [0.717, 1.165) is 108 Å². The lowest BCUT2D eigenvalue weighted by Crippen LogP contribution is -2.30. The average molecular weight is 1400 g/mol. The molecule has 0 aliphatic carbocycles. The number of aliphatic hydroxyl groups excluding tert-OH is 1. The summed E-state index contributed by atoms with van der Waals surface area (Å²) in [6, 6.07) is 0. The van der Waals surface area contributed by atoms with Crippen molar-refractivity contribution >= 4 is 39.5 Å².